The van der Waals surface area contributed by atoms with E-state index >= 15 is 0 Å². The largest absolute Gasteiger partial charge is 0.533 e. The molecule has 1 unspecified atom stereocenters. The Balaban J connectivity index is 1.40. The molecule has 1 aliphatic carbocycles. The van der Waals surface area contributed by atoms with Gasteiger partial charge in [-0.25, -0.2) is 4.79 Å². The van der Waals surface area contributed by atoms with Crippen molar-refractivity contribution in [3.63, 3.8) is 0 Å². The van der Waals surface area contributed by atoms with E-state index < -0.39 is 23.9 Å². The number of nitrogens with zero attached hydrogens (tertiary/aromatic N) is 1. The van der Waals surface area contributed by atoms with E-state index in [0.29, 0.717) is 91.2 Å². The van der Waals surface area contributed by atoms with Gasteiger partial charge in [0.1, 0.15) is 6.61 Å². The summed E-state index contributed by atoms with van der Waals surface area (Å²) in [5.74, 6) is -2.66. The minimum atomic E-state index is -1.23. The molecule has 0 bridgehead atoms. The van der Waals surface area contributed by atoms with Crippen molar-refractivity contribution in [3.05, 3.63) is 53.1 Å². The van der Waals surface area contributed by atoms with E-state index in [9.17, 15) is 28.8 Å². The predicted octanol–water partition coefficient (Wildman–Crippen LogP) is 3.08. The van der Waals surface area contributed by atoms with Crippen LogP contribution in [0.2, 0.25) is 0 Å². The fraction of sp³-hybridized carbons (Fsp3) is 0.514. The Hall–Kier alpha value is -4.90. The number of fused-ring (bicyclic) bond motifs is 3. The quantitative estimate of drug-likeness (QED) is 0.0857. The van der Waals surface area contributed by atoms with Crippen LogP contribution in [0.5, 0.6) is 0 Å². The Kier molecular flexibility index (Phi) is 16.6. The van der Waals surface area contributed by atoms with Gasteiger partial charge in [-0.05, 0) is 59.7 Å². The van der Waals surface area contributed by atoms with E-state index in [0.717, 1.165) is 12.8 Å². The molecule has 2 aromatic rings. The number of imide groups is 1. The Morgan fingerprint density at radius 2 is 1.42 bits per heavy atom. The molecule has 4 rings (SSSR count). The molecule has 0 aromatic heterocycles. The Morgan fingerprint density at radius 3 is 2.09 bits per heavy atom. The topological polar surface area (TPSA) is 197 Å². The first kappa shape index (κ1) is 40.9. The zero-order valence-corrected chi connectivity index (χ0v) is 30.2. The van der Waals surface area contributed by atoms with Gasteiger partial charge in [0.25, 0.3) is 17.7 Å². The van der Waals surface area contributed by atoms with Gasteiger partial charge in [-0.2, -0.15) is 0 Å². The molecule has 1 heterocycles. The fourth-order valence-electron chi connectivity index (χ4n) is 5.89. The SMILES string of the molecule is COCCCOCCNC(=O)CCCC(=O)Nc1ccc2c(c1)C(COC(=O)ON1C(=O)CCC1=O)c1cccc(C(=O)NCCOCCCOC)c1-2. The number of anilines is 1. The summed E-state index contributed by atoms with van der Waals surface area (Å²) >= 11 is 0. The summed E-state index contributed by atoms with van der Waals surface area (Å²) in [6, 6.07) is 10.5. The van der Waals surface area contributed by atoms with Crippen molar-refractivity contribution in [2.45, 2.75) is 50.9 Å². The number of hydrogen-bond acceptors (Lipinski definition) is 12. The first-order valence-corrected chi connectivity index (χ1v) is 17.7. The summed E-state index contributed by atoms with van der Waals surface area (Å²) in [7, 11) is 3.24. The van der Waals surface area contributed by atoms with E-state index in [1.165, 1.54) is 0 Å². The van der Waals surface area contributed by atoms with Crippen molar-refractivity contribution in [1.82, 2.24) is 15.7 Å². The summed E-state index contributed by atoms with van der Waals surface area (Å²) < 4.78 is 26.4. The molecule has 2 aromatic carbocycles. The van der Waals surface area contributed by atoms with Crippen LogP contribution in [-0.2, 0) is 47.7 Å². The molecule has 0 saturated carbocycles. The zero-order chi connectivity index (χ0) is 38.0. The molecule has 16 nitrogen and oxygen atoms in total. The summed E-state index contributed by atoms with van der Waals surface area (Å²) in [5.41, 5.74) is 3.56. The third kappa shape index (κ3) is 12.3. The molecule has 5 amide bonds. The molecule has 1 fully saturated rings. The summed E-state index contributed by atoms with van der Waals surface area (Å²) in [5, 5.41) is 8.93. The van der Waals surface area contributed by atoms with Gasteiger partial charge in [0, 0.05) is 96.6 Å². The number of carbonyl (C=O) groups is 6. The van der Waals surface area contributed by atoms with Crippen molar-refractivity contribution in [2.75, 3.05) is 78.9 Å². The lowest BCUT2D eigenvalue weighted by Gasteiger charge is -2.17. The van der Waals surface area contributed by atoms with E-state index in [1.54, 1.807) is 44.6 Å². The second kappa shape index (κ2) is 21.6. The second-order valence-electron chi connectivity index (χ2n) is 12.3. The van der Waals surface area contributed by atoms with Crippen molar-refractivity contribution in [1.29, 1.82) is 0 Å². The third-order valence-electron chi connectivity index (χ3n) is 8.42. The molecule has 0 spiro atoms. The number of carbonyl (C=O) groups excluding carboxylic acids is 6. The lowest BCUT2D eigenvalue weighted by molar-refractivity contribution is -0.177. The molecule has 1 saturated heterocycles. The average molecular weight is 741 g/mol. The minimum Gasteiger partial charge on any atom is -0.432 e. The highest BCUT2D eigenvalue weighted by Crippen LogP contribution is 2.47. The van der Waals surface area contributed by atoms with Gasteiger partial charge in [0.2, 0.25) is 11.8 Å². The number of nitrogens with one attached hydrogen (secondary N) is 3. The van der Waals surface area contributed by atoms with E-state index in [2.05, 4.69) is 16.0 Å². The number of ether oxygens (including phenoxy) is 5. The van der Waals surface area contributed by atoms with E-state index in [1.807, 2.05) is 6.07 Å². The Labute approximate surface area is 308 Å². The van der Waals surface area contributed by atoms with Crippen LogP contribution in [0.25, 0.3) is 11.1 Å². The van der Waals surface area contributed by atoms with Crippen molar-refractivity contribution >= 4 is 41.4 Å². The van der Waals surface area contributed by atoms with Crippen LogP contribution in [0, 0.1) is 0 Å². The van der Waals surface area contributed by atoms with Gasteiger partial charge in [-0.15, -0.1) is 0 Å². The monoisotopic (exact) mass is 740 g/mol. The maximum atomic E-state index is 13.4. The molecule has 2 aliphatic rings. The number of methoxy groups -OCH3 is 2. The highest BCUT2D eigenvalue weighted by Gasteiger charge is 2.36. The van der Waals surface area contributed by atoms with Crippen molar-refractivity contribution in [3.8, 4) is 11.1 Å². The first-order valence-electron chi connectivity index (χ1n) is 17.7. The fourth-order valence-corrected chi connectivity index (χ4v) is 5.89. The standard InChI is InChI=1S/C37H48N4O12/c1-48-17-5-19-50-21-15-38-31(42)9-4-10-32(43)40-25-11-12-27-29(23-25)30(24-52-37(47)53-41-33(44)13-14-34(41)45)26-7-3-8-28(35(26)27)36(46)39-16-22-51-20-6-18-49-2/h3,7-8,11-12,23,30H,4-6,9-10,13-22,24H2,1-2H3,(H,38,42)(H,39,46)(H,40,43). The molecule has 288 valence electrons. The lowest BCUT2D eigenvalue weighted by atomic mass is 9.96. The maximum Gasteiger partial charge on any atom is 0.533 e. The van der Waals surface area contributed by atoms with Crippen LogP contribution in [0.1, 0.15) is 72.3 Å². The number of amides is 5. The summed E-state index contributed by atoms with van der Waals surface area (Å²) in [4.78, 5) is 79.8. The molecule has 3 N–H and O–H groups in total. The van der Waals surface area contributed by atoms with Crippen LogP contribution in [0.4, 0.5) is 10.5 Å². The Bertz CT molecular complexity index is 1580. The van der Waals surface area contributed by atoms with Gasteiger partial charge in [0.05, 0.1) is 13.2 Å². The average Bonchev–Trinajstić information content (AvgIpc) is 3.63. The van der Waals surface area contributed by atoms with Gasteiger partial charge >= 0.3 is 6.16 Å². The molecule has 1 atom stereocenters. The normalized spacial score (nSPS) is 14.5. The molecule has 0 radical (unpaired) electrons. The van der Waals surface area contributed by atoms with E-state index in [-0.39, 0.29) is 56.6 Å². The van der Waals surface area contributed by atoms with Crippen LogP contribution < -0.4 is 16.0 Å². The van der Waals surface area contributed by atoms with Crippen LogP contribution >= 0.6 is 0 Å². The molecule has 1 aliphatic heterocycles. The number of rotatable bonds is 23. The molecule has 53 heavy (non-hydrogen) atoms. The predicted molar refractivity (Wildman–Crippen MR) is 190 cm³/mol. The number of hydrogen-bond donors (Lipinski definition) is 3. The van der Waals surface area contributed by atoms with E-state index in [4.69, 9.17) is 28.5 Å². The van der Waals surface area contributed by atoms with Crippen LogP contribution in [0.3, 0.4) is 0 Å². The third-order valence-corrected chi connectivity index (χ3v) is 8.42. The second-order valence-corrected chi connectivity index (χ2v) is 12.3. The maximum absolute atomic E-state index is 13.4. The van der Waals surface area contributed by atoms with Gasteiger partial charge in [-0.3, -0.25) is 28.8 Å². The molecule has 16 heteroatoms. The molecular weight excluding hydrogens is 692 g/mol. The smallest absolute Gasteiger partial charge is 0.432 e. The Morgan fingerprint density at radius 1 is 0.755 bits per heavy atom. The van der Waals surface area contributed by atoms with Gasteiger partial charge < -0.3 is 39.6 Å². The zero-order valence-electron chi connectivity index (χ0n) is 30.2. The minimum absolute atomic E-state index is 0.0621. The number of benzene rings is 2. The van der Waals surface area contributed by atoms with Crippen molar-refractivity contribution < 1.29 is 57.3 Å². The molecular formula is C37H48N4O12. The number of hydroxylamine groups is 2. The van der Waals surface area contributed by atoms with Gasteiger partial charge in [0.15, 0.2) is 0 Å². The van der Waals surface area contributed by atoms with Crippen molar-refractivity contribution in [2.24, 2.45) is 0 Å². The highest BCUT2D eigenvalue weighted by molar-refractivity contribution is 6.04. The lowest BCUT2D eigenvalue weighted by Crippen LogP contribution is -2.32. The highest BCUT2D eigenvalue weighted by atomic mass is 16.8. The van der Waals surface area contributed by atoms with Crippen LogP contribution in [0.15, 0.2) is 36.4 Å². The van der Waals surface area contributed by atoms with Gasteiger partial charge in [-0.1, -0.05) is 23.3 Å². The summed E-state index contributed by atoms with van der Waals surface area (Å²) in [6.45, 7) is 3.35. The first-order chi connectivity index (χ1) is 25.7. The summed E-state index contributed by atoms with van der Waals surface area (Å²) in [6.07, 6.45) is 0.764. The van der Waals surface area contributed by atoms with Crippen LogP contribution in [-0.4, -0.2) is 114 Å².